The molecule has 0 spiro atoms. The minimum Gasteiger partial charge on any atom is -0.345 e. The van der Waals surface area contributed by atoms with E-state index in [0.717, 1.165) is 22.6 Å². The first-order valence-corrected chi connectivity index (χ1v) is 8.77. The van der Waals surface area contributed by atoms with Gasteiger partial charge in [-0.05, 0) is 37.6 Å². The van der Waals surface area contributed by atoms with E-state index in [1.54, 1.807) is 6.20 Å². The number of hydrazine groups is 1. The van der Waals surface area contributed by atoms with Gasteiger partial charge < -0.3 is 9.88 Å². The predicted molar refractivity (Wildman–Crippen MR) is 98.9 cm³/mol. The highest BCUT2D eigenvalue weighted by molar-refractivity contribution is 5.82. The number of nitrogens with one attached hydrogen (secondary N) is 3. The molecular formula is C19H22N6O. The molecule has 26 heavy (non-hydrogen) atoms. The Balaban J connectivity index is 1.44. The predicted octanol–water partition coefficient (Wildman–Crippen LogP) is 1.75. The fourth-order valence-corrected chi connectivity index (χ4v) is 3.43. The standard InChI is InChI=1S/C19H22N6O/c1-12(18-22-14-8-3-4-9-17(14)25(18)2)21-19(26)16-11-15(23-24-16)13-7-5-6-10-20-13/h3-10,12,15-16,23-24H,11H2,1-2H3,(H,21,26). The van der Waals surface area contributed by atoms with Crippen LogP contribution in [0.5, 0.6) is 0 Å². The Kier molecular flexibility index (Phi) is 4.40. The Bertz CT molecular complexity index is 922. The number of hydrogen-bond acceptors (Lipinski definition) is 5. The monoisotopic (exact) mass is 350 g/mol. The summed E-state index contributed by atoms with van der Waals surface area (Å²) < 4.78 is 2.03. The highest BCUT2D eigenvalue weighted by Gasteiger charge is 2.31. The number of fused-ring (bicyclic) bond motifs is 1. The van der Waals surface area contributed by atoms with Crippen LogP contribution in [-0.4, -0.2) is 26.5 Å². The number of hydrogen-bond donors (Lipinski definition) is 3. The summed E-state index contributed by atoms with van der Waals surface area (Å²) in [6, 6.07) is 13.3. The van der Waals surface area contributed by atoms with Crippen LogP contribution < -0.4 is 16.2 Å². The summed E-state index contributed by atoms with van der Waals surface area (Å²) in [5.74, 6) is 0.794. The molecular weight excluding hydrogens is 328 g/mol. The molecule has 3 atom stereocenters. The van der Waals surface area contributed by atoms with Gasteiger partial charge in [0.05, 0.1) is 28.8 Å². The van der Waals surface area contributed by atoms with Crippen molar-refractivity contribution in [3.8, 4) is 0 Å². The molecule has 3 unspecified atom stereocenters. The van der Waals surface area contributed by atoms with Crippen LogP contribution in [0.25, 0.3) is 11.0 Å². The van der Waals surface area contributed by atoms with E-state index in [1.807, 2.05) is 61.0 Å². The number of carbonyl (C=O) groups is 1. The van der Waals surface area contributed by atoms with Gasteiger partial charge >= 0.3 is 0 Å². The lowest BCUT2D eigenvalue weighted by atomic mass is 10.1. The van der Waals surface area contributed by atoms with Crippen molar-refractivity contribution >= 4 is 16.9 Å². The molecule has 134 valence electrons. The molecule has 1 fully saturated rings. The maximum Gasteiger partial charge on any atom is 0.239 e. The topological polar surface area (TPSA) is 83.9 Å². The normalized spacial score (nSPS) is 21.0. The number of carbonyl (C=O) groups excluding carboxylic acids is 1. The minimum atomic E-state index is -0.306. The fourth-order valence-electron chi connectivity index (χ4n) is 3.43. The Hall–Kier alpha value is -2.77. The van der Waals surface area contributed by atoms with E-state index in [1.165, 1.54) is 0 Å². The number of imidazole rings is 1. The summed E-state index contributed by atoms with van der Waals surface area (Å²) >= 11 is 0. The van der Waals surface area contributed by atoms with Crippen LogP contribution in [0.2, 0.25) is 0 Å². The van der Waals surface area contributed by atoms with E-state index in [4.69, 9.17) is 0 Å². The first kappa shape index (κ1) is 16.7. The Labute approximate surface area is 151 Å². The molecule has 3 heterocycles. The molecule has 0 saturated carbocycles. The second-order valence-electron chi connectivity index (χ2n) is 6.63. The SMILES string of the molecule is CC(NC(=O)C1CC(c2ccccn2)NN1)c1nc2ccccc2n1C. The molecule has 1 saturated heterocycles. The van der Waals surface area contributed by atoms with Gasteiger partial charge in [-0.1, -0.05) is 18.2 Å². The third kappa shape index (κ3) is 3.07. The molecule has 7 heteroatoms. The number of nitrogens with zero attached hydrogens (tertiary/aromatic N) is 3. The molecule has 1 aliphatic heterocycles. The van der Waals surface area contributed by atoms with Crippen LogP contribution in [0.4, 0.5) is 0 Å². The second kappa shape index (κ2) is 6.86. The number of rotatable bonds is 4. The lowest BCUT2D eigenvalue weighted by Crippen LogP contribution is -2.44. The summed E-state index contributed by atoms with van der Waals surface area (Å²) in [7, 11) is 1.97. The largest absolute Gasteiger partial charge is 0.345 e. The van der Waals surface area contributed by atoms with Gasteiger partial charge in [-0.3, -0.25) is 9.78 Å². The Morgan fingerprint density at radius 1 is 1.23 bits per heavy atom. The first-order valence-electron chi connectivity index (χ1n) is 8.77. The lowest BCUT2D eigenvalue weighted by molar-refractivity contribution is -0.123. The van der Waals surface area contributed by atoms with Crippen molar-refractivity contribution in [2.45, 2.75) is 31.5 Å². The van der Waals surface area contributed by atoms with Gasteiger partial charge in [-0.25, -0.2) is 15.8 Å². The highest BCUT2D eigenvalue weighted by Crippen LogP contribution is 2.22. The average molecular weight is 350 g/mol. The van der Waals surface area contributed by atoms with Gasteiger partial charge in [0.2, 0.25) is 5.91 Å². The summed E-state index contributed by atoms with van der Waals surface area (Å²) in [6.07, 6.45) is 2.41. The van der Waals surface area contributed by atoms with E-state index in [2.05, 4.69) is 26.1 Å². The van der Waals surface area contributed by atoms with E-state index in [9.17, 15) is 4.79 Å². The van der Waals surface area contributed by atoms with Crippen molar-refractivity contribution < 1.29 is 4.79 Å². The number of amides is 1. The van der Waals surface area contributed by atoms with Crippen molar-refractivity contribution in [3.05, 3.63) is 60.2 Å². The van der Waals surface area contributed by atoms with E-state index in [-0.39, 0.29) is 24.0 Å². The molecule has 3 aromatic rings. The van der Waals surface area contributed by atoms with Gasteiger partial charge in [-0.2, -0.15) is 0 Å². The number of benzene rings is 1. The van der Waals surface area contributed by atoms with Crippen molar-refractivity contribution in [2.75, 3.05) is 0 Å². The first-order chi connectivity index (χ1) is 12.6. The lowest BCUT2D eigenvalue weighted by Gasteiger charge is -2.17. The molecule has 2 aromatic heterocycles. The second-order valence-corrected chi connectivity index (χ2v) is 6.63. The van der Waals surface area contributed by atoms with Gasteiger partial charge in [0, 0.05) is 13.2 Å². The van der Waals surface area contributed by atoms with Gasteiger partial charge in [0.1, 0.15) is 11.9 Å². The molecule has 3 N–H and O–H groups in total. The molecule has 0 aliphatic carbocycles. The summed E-state index contributed by atoms with van der Waals surface area (Å²) in [5, 5.41) is 3.07. The van der Waals surface area contributed by atoms with Crippen molar-refractivity contribution in [3.63, 3.8) is 0 Å². The number of aryl methyl sites for hydroxylation is 1. The average Bonchev–Trinajstić information content (AvgIpc) is 3.28. The van der Waals surface area contributed by atoms with Gasteiger partial charge in [0.15, 0.2) is 0 Å². The van der Waals surface area contributed by atoms with Crippen LogP contribution in [0, 0.1) is 0 Å². The van der Waals surface area contributed by atoms with Crippen LogP contribution in [-0.2, 0) is 11.8 Å². The zero-order chi connectivity index (χ0) is 18.1. The fraction of sp³-hybridized carbons (Fsp3) is 0.316. The van der Waals surface area contributed by atoms with E-state index < -0.39 is 0 Å². The quantitative estimate of drug-likeness (QED) is 0.668. The van der Waals surface area contributed by atoms with Crippen LogP contribution >= 0.6 is 0 Å². The van der Waals surface area contributed by atoms with Gasteiger partial charge in [0.25, 0.3) is 0 Å². The summed E-state index contributed by atoms with van der Waals surface area (Å²) in [5.41, 5.74) is 9.15. The summed E-state index contributed by atoms with van der Waals surface area (Å²) in [6.45, 7) is 1.96. The zero-order valence-electron chi connectivity index (χ0n) is 14.8. The minimum absolute atomic E-state index is 0.0259. The van der Waals surface area contributed by atoms with E-state index in [0.29, 0.717) is 6.42 Å². The molecule has 0 bridgehead atoms. The third-order valence-corrected chi connectivity index (χ3v) is 4.83. The van der Waals surface area contributed by atoms with Gasteiger partial charge in [-0.15, -0.1) is 0 Å². The maximum atomic E-state index is 12.7. The molecule has 1 aliphatic rings. The third-order valence-electron chi connectivity index (χ3n) is 4.83. The van der Waals surface area contributed by atoms with Crippen molar-refractivity contribution in [1.29, 1.82) is 0 Å². The number of aromatic nitrogens is 3. The Morgan fingerprint density at radius 2 is 2.04 bits per heavy atom. The van der Waals surface area contributed by atoms with Crippen molar-refractivity contribution in [2.24, 2.45) is 7.05 Å². The number of para-hydroxylation sites is 2. The van der Waals surface area contributed by atoms with Crippen molar-refractivity contribution in [1.82, 2.24) is 30.7 Å². The van der Waals surface area contributed by atoms with E-state index >= 15 is 0 Å². The van der Waals surface area contributed by atoms with Crippen LogP contribution in [0.1, 0.15) is 36.9 Å². The maximum absolute atomic E-state index is 12.7. The van der Waals surface area contributed by atoms with Crippen LogP contribution in [0.15, 0.2) is 48.7 Å². The highest BCUT2D eigenvalue weighted by atomic mass is 16.2. The van der Waals surface area contributed by atoms with Crippen LogP contribution in [0.3, 0.4) is 0 Å². The molecule has 7 nitrogen and oxygen atoms in total. The Morgan fingerprint density at radius 3 is 2.81 bits per heavy atom. The zero-order valence-corrected chi connectivity index (χ0v) is 14.8. The molecule has 1 aromatic carbocycles. The smallest absolute Gasteiger partial charge is 0.239 e. The molecule has 1 amide bonds. The number of pyridine rings is 1. The molecule has 0 radical (unpaired) electrons. The molecule has 4 rings (SSSR count). The summed E-state index contributed by atoms with van der Waals surface area (Å²) in [4.78, 5) is 21.7.